The molecule has 1 aliphatic carbocycles. The molecule has 1 atom stereocenters. The van der Waals surface area contributed by atoms with Gasteiger partial charge in [0, 0.05) is 29.5 Å². The highest BCUT2D eigenvalue weighted by molar-refractivity contribution is 7.09. The van der Waals surface area contributed by atoms with Crippen LogP contribution in [-0.4, -0.2) is 23.3 Å². The number of thiazole rings is 1. The highest BCUT2D eigenvalue weighted by atomic mass is 32.1. The smallest absolute Gasteiger partial charge is 0.225 e. The lowest BCUT2D eigenvalue weighted by Gasteiger charge is -2.18. The van der Waals surface area contributed by atoms with Gasteiger partial charge in [-0.3, -0.25) is 9.59 Å². The lowest BCUT2D eigenvalue weighted by atomic mass is 9.96. The van der Waals surface area contributed by atoms with Crippen molar-refractivity contribution in [3.63, 3.8) is 0 Å². The maximum absolute atomic E-state index is 12.1. The van der Waals surface area contributed by atoms with E-state index in [-0.39, 0.29) is 17.9 Å². The second kappa shape index (κ2) is 6.77. The van der Waals surface area contributed by atoms with Gasteiger partial charge in [-0.2, -0.15) is 0 Å². The molecular weight excluding hydrogens is 298 g/mol. The van der Waals surface area contributed by atoms with Crippen LogP contribution in [0.1, 0.15) is 56.8 Å². The van der Waals surface area contributed by atoms with Crippen LogP contribution in [-0.2, 0) is 9.59 Å². The Morgan fingerprint density at radius 2 is 2.09 bits per heavy atom. The molecule has 1 aromatic rings. The van der Waals surface area contributed by atoms with Gasteiger partial charge in [0.1, 0.15) is 5.01 Å². The van der Waals surface area contributed by atoms with E-state index in [4.69, 9.17) is 0 Å². The Bertz CT molecular complexity index is 544. The maximum Gasteiger partial charge on any atom is 0.225 e. The number of nitrogens with zero attached hydrogens (tertiary/aromatic N) is 1. The lowest BCUT2D eigenvalue weighted by Crippen LogP contribution is -2.38. The fourth-order valence-electron chi connectivity index (χ4n) is 2.13. The number of rotatable bonds is 6. The Morgan fingerprint density at radius 1 is 1.41 bits per heavy atom. The van der Waals surface area contributed by atoms with Gasteiger partial charge < -0.3 is 10.6 Å². The fourth-order valence-corrected chi connectivity index (χ4v) is 3.06. The maximum atomic E-state index is 12.1. The first-order valence-corrected chi connectivity index (χ1v) is 8.65. The third-order valence-corrected chi connectivity index (χ3v) is 4.68. The number of aromatic nitrogens is 1. The molecule has 2 amide bonds. The Labute approximate surface area is 135 Å². The summed E-state index contributed by atoms with van der Waals surface area (Å²) in [6, 6.07) is 0.0320. The molecule has 122 valence electrons. The van der Waals surface area contributed by atoms with Gasteiger partial charge in [-0.1, -0.05) is 20.8 Å². The summed E-state index contributed by atoms with van der Waals surface area (Å²) in [4.78, 5) is 28.4. The highest BCUT2D eigenvalue weighted by Crippen LogP contribution is 2.41. The Balaban J connectivity index is 1.81. The van der Waals surface area contributed by atoms with Gasteiger partial charge in [0.25, 0.3) is 0 Å². The first-order valence-electron chi connectivity index (χ1n) is 7.77. The van der Waals surface area contributed by atoms with Crippen LogP contribution in [0.2, 0.25) is 0 Å². The SMILES string of the molecule is Cc1csc([C@@H](NC(=O)CCNC(=O)C(C)(C)C)C2CC2)n1. The fraction of sp³-hybridized carbons (Fsp3) is 0.688. The minimum Gasteiger partial charge on any atom is -0.355 e. The van der Waals surface area contributed by atoms with E-state index in [1.165, 1.54) is 0 Å². The predicted octanol–water partition coefficient (Wildman–Crippen LogP) is 2.57. The monoisotopic (exact) mass is 323 g/mol. The van der Waals surface area contributed by atoms with Gasteiger partial charge in [-0.15, -0.1) is 11.3 Å². The van der Waals surface area contributed by atoms with Gasteiger partial charge >= 0.3 is 0 Å². The van der Waals surface area contributed by atoms with E-state index in [2.05, 4.69) is 15.6 Å². The molecule has 0 saturated heterocycles. The largest absolute Gasteiger partial charge is 0.355 e. The summed E-state index contributed by atoms with van der Waals surface area (Å²) in [5, 5.41) is 8.89. The molecule has 2 rings (SSSR count). The number of hydrogen-bond donors (Lipinski definition) is 2. The molecule has 0 spiro atoms. The average Bonchev–Trinajstić information content (AvgIpc) is 3.17. The zero-order chi connectivity index (χ0) is 16.3. The molecule has 0 aromatic carbocycles. The number of amides is 2. The van der Waals surface area contributed by atoms with Gasteiger partial charge in [0.2, 0.25) is 11.8 Å². The van der Waals surface area contributed by atoms with Crippen LogP contribution < -0.4 is 10.6 Å². The lowest BCUT2D eigenvalue weighted by molar-refractivity contribution is -0.128. The zero-order valence-corrected chi connectivity index (χ0v) is 14.5. The van der Waals surface area contributed by atoms with Crippen molar-refractivity contribution in [1.82, 2.24) is 15.6 Å². The van der Waals surface area contributed by atoms with E-state index in [1.54, 1.807) is 11.3 Å². The Hall–Kier alpha value is -1.43. The molecule has 1 aliphatic rings. The number of hydrogen-bond acceptors (Lipinski definition) is 4. The van der Waals surface area contributed by atoms with Crippen molar-refractivity contribution in [3.8, 4) is 0 Å². The Kier molecular flexibility index (Phi) is 5.21. The van der Waals surface area contributed by atoms with E-state index in [1.807, 2.05) is 33.1 Å². The topological polar surface area (TPSA) is 71.1 Å². The van der Waals surface area contributed by atoms with Crippen LogP contribution in [0.15, 0.2) is 5.38 Å². The minimum atomic E-state index is -0.425. The third kappa shape index (κ3) is 4.80. The number of carbonyl (C=O) groups is 2. The summed E-state index contributed by atoms with van der Waals surface area (Å²) < 4.78 is 0. The van der Waals surface area contributed by atoms with Crippen LogP contribution >= 0.6 is 11.3 Å². The van der Waals surface area contributed by atoms with Crippen molar-refractivity contribution < 1.29 is 9.59 Å². The summed E-state index contributed by atoms with van der Waals surface area (Å²) in [6.07, 6.45) is 2.59. The quantitative estimate of drug-likeness (QED) is 0.845. The second-order valence-electron chi connectivity index (χ2n) is 6.97. The second-order valence-corrected chi connectivity index (χ2v) is 7.86. The van der Waals surface area contributed by atoms with Crippen LogP contribution in [0.5, 0.6) is 0 Å². The van der Waals surface area contributed by atoms with Gasteiger partial charge in [0.05, 0.1) is 6.04 Å². The molecule has 1 saturated carbocycles. The first kappa shape index (κ1) is 16.9. The number of carbonyl (C=O) groups excluding carboxylic acids is 2. The summed E-state index contributed by atoms with van der Waals surface area (Å²) in [5.41, 5.74) is 0.572. The molecule has 0 radical (unpaired) electrons. The van der Waals surface area contributed by atoms with Crippen LogP contribution in [0.25, 0.3) is 0 Å². The standard InChI is InChI=1S/C16H25N3O2S/c1-10-9-22-14(18-10)13(11-5-6-11)19-12(20)7-8-17-15(21)16(2,3)4/h9,11,13H,5-8H2,1-4H3,(H,17,21)(H,19,20)/t13-/m0/s1. The van der Waals surface area contributed by atoms with Gasteiger partial charge in [0.15, 0.2) is 0 Å². The van der Waals surface area contributed by atoms with Gasteiger partial charge in [-0.25, -0.2) is 4.98 Å². The van der Waals surface area contributed by atoms with Crippen molar-refractivity contribution in [2.45, 2.75) is 53.0 Å². The van der Waals surface area contributed by atoms with Crippen LogP contribution in [0.3, 0.4) is 0 Å². The molecule has 0 unspecified atom stereocenters. The van der Waals surface area contributed by atoms with Gasteiger partial charge in [-0.05, 0) is 25.7 Å². The summed E-state index contributed by atoms with van der Waals surface area (Å²) in [5.74, 6) is 0.451. The molecule has 5 nitrogen and oxygen atoms in total. The zero-order valence-electron chi connectivity index (χ0n) is 13.7. The minimum absolute atomic E-state index is 0.0287. The van der Waals surface area contributed by atoms with E-state index < -0.39 is 5.41 Å². The molecule has 22 heavy (non-hydrogen) atoms. The number of nitrogens with one attached hydrogen (secondary N) is 2. The average molecular weight is 323 g/mol. The molecular formula is C16H25N3O2S. The van der Waals surface area contributed by atoms with E-state index in [0.29, 0.717) is 18.9 Å². The first-order chi connectivity index (χ1) is 10.3. The van der Waals surface area contributed by atoms with Crippen molar-refractivity contribution in [2.75, 3.05) is 6.54 Å². The molecule has 0 bridgehead atoms. The van der Waals surface area contributed by atoms with Crippen LogP contribution in [0.4, 0.5) is 0 Å². The molecule has 2 N–H and O–H groups in total. The molecule has 1 aromatic heterocycles. The summed E-state index contributed by atoms with van der Waals surface area (Å²) in [7, 11) is 0. The van der Waals surface area contributed by atoms with Crippen molar-refractivity contribution >= 4 is 23.2 Å². The molecule has 0 aliphatic heterocycles. The van der Waals surface area contributed by atoms with Crippen molar-refractivity contribution in [2.24, 2.45) is 11.3 Å². The Morgan fingerprint density at radius 3 is 2.59 bits per heavy atom. The van der Waals surface area contributed by atoms with Crippen molar-refractivity contribution in [3.05, 3.63) is 16.1 Å². The normalized spacial score (nSPS) is 16.2. The highest BCUT2D eigenvalue weighted by Gasteiger charge is 2.35. The van der Waals surface area contributed by atoms with E-state index >= 15 is 0 Å². The van der Waals surface area contributed by atoms with Crippen molar-refractivity contribution in [1.29, 1.82) is 0 Å². The summed E-state index contributed by atoms with van der Waals surface area (Å²) in [6.45, 7) is 7.91. The number of aryl methyl sites for hydroxylation is 1. The van der Waals surface area contributed by atoms with E-state index in [9.17, 15) is 9.59 Å². The molecule has 1 fully saturated rings. The molecule has 1 heterocycles. The summed E-state index contributed by atoms with van der Waals surface area (Å²) >= 11 is 1.60. The van der Waals surface area contributed by atoms with Crippen LogP contribution in [0, 0.1) is 18.3 Å². The third-order valence-electron chi connectivity index (χ3n) is 3.63. The predicted molar refractivity (Wildman–Crippen MR) is 87.5 cm³/mol. The molecule has 6 heteroatoms. The van der Waals surface area contributed by atoms with E-state index in [0.717, 1.165) is 23.5 Å².